The van der Waals surface area contributed by atoms with Crippen LogP contribution in [-0.4, -0.2) is 20.9 Å². The highest BCUT2D eigenvalue weighted by Gasteiger charge is 2.15. The molecule has 1 aromatic carbocycles. The largest absolute Gasteiger partial charge is 0.387 e. The molecule has 2 N–H and O–H groups in total. The van der Waals surface area contributed by atoms with E-state index in [2.05, 4.69) is 10.4 Å². The number of benzene rings is 1. The first kappa shape index (κ1) is 14.1. The molecule has 19 heavy (non-hydrogen) atoms. The number of hydrogen-bond donors (Lipinski definition) is 2. The first-order valence-electron chi connectivity index (χ1n) is 6.20. The minimum atomic E-state index is -0.561. The van der Waals surface area contributed by atoms with Crippen molar-refractivity contribution in [1.82, 2.24) is 15.1 Å². The number of nitrogens with zero attached hydrogens (tertiary/aromatic N) is 2. The molecule has 2 aromatic rings. The van der Waals surface area contributed by atoms with E-state index in [4.69, 9.17) is 11.6 Å². The molecular weight excluding hydrogens is 262 g/mol. The van der Waals surface area contributed by atoms with Gasteiger partial charge in [-0.05, 0) is 24.6 Å². The lowest BCUT2D eigenvalue weighted by atomic mass is 10.0. The molecular formula is C14H18ClN3O. The number of aromatic nitrogens is 2. The summed E-state index contributed by atoms with van der Waals surface area (Å²) < 4.78 is 1.76. The van der Waals surface area contributed by atoms with Crippen molar-refractivity contribution in [2.45, 2.75) is 25.6 Å². The molecule has 1 heterocycles. The van der Waals surface area contributed by atoms with Gasteiger partial charge in [-0.1, -0.05) is 23.7 Å². The van der Waals surface area contributed by atoms with Crippen molar-refractivity contribution < 1.29 is 5.11 Å². The summed E-state index contributed by atoms with van der Waals surface area (Å²) in [6, 6.07) is 7.20. The summed E-state index contributed by atoms with van der Waals surface area (Å²) in [5, 5.41) is 18.3. The van der Waals surface area contributed by atoms with Crippen LogP contribution in [0.3, 0.4) is 0 Å². The number of nitrogens with one attached hydrogen (secondary N) is 1. The molecule has 0 radical (unpaired) electrons. The number of rotatable bonds is 5. The molecule has 5 heteroatoms. The Morgan fingerprint density at radius 2 is 2.05 bits per heavy atom. The number of halogens is 1. The summed E-state index contributed by atoms with van der Waals surface area (Å²) in [7, 11) is 1.88. The third kappa shape index (κ3) is 3.80. The second-order valence-corrected chi connectivity index (χ2v) is 5.12. The molecule has 1 aromatic heterocycles. The fourth-order valence-corrected chi connectivity index (χ4v) is 2.03. The van der Waals surface area contributed by atoms with Crippen LogP contribution >= 0.6 is 11.6 Å². The van der Waals surface area contributed by atoms with Crippen LogP contribution in [-0.2, 0) is 13.6 Å². The van der Waals surface area contributed by atoms with E-state index in [1.54, 1.807) is 16.8 Å². The second kappa shape index (κ2) is 6.19. The van der Waals surface area contributed by atoms with Crippen LogP contribution in [0.1, 0.15) is 24.2 Å². The number of aliphatic hydroxyl groups is 1. The predicted molar refractivity (Wildman–Crippen MR) is 75.9 cm³/mol. The quantitative estimate of drug-likeness (QED) is 0.883. The van der Waals surface area contributed by atoms with Crippen molar-refractivity contribution in [3.63, 3.8) is 0 Å². The first-order valence-corrected chi connectivity index (χ1v) is 6.58. The van der Waals surface area contributed by atoms with Crippen molar-refractivity contribution in [2.75, 3.05) is 0 Å². The molecule has 0 saturated heterocycles. The lowest BCUT2D eigenvalue weighted by molar-refractivity contribution is 0.135. The Bertz CT molecular complexity index is 524. The van der Waals surface area contributed by atoms with Gasteiger partial charge in [-0.15, -0.1) is 0 Å². The summed E-state index contributed by atoms with van der Waals surface area (Å²) >= 11 is 5.83. The first-order chi connectivity index (χ1) is 9.06. The predicted octanol–water partition coefficient (Wildman–Crippen LogP) is 2.29. The molecule has 2 atom stereocenters. The highest BCUT2D eigenvalue weighted by molar-refractivity contribution is 6.30. The van der Waals surface area contributed by atoms with Crippen molar-refractivity contribution in [3.05, 3.63) is 52.8 Å². The van der Waals surface area contributed by atoms with E-state index in [-0.39, 0.29) is 6.04 Å². The highest BCUT2D eigenvalue weighted by Crippen LogP contribution is 2.19. The third-order valence-electron chi connectivity index (χ3n) is 3.07. The Kier molecular flexibility index (Phi) is 4.58. The lowest BCUT2D eigenvalue weighted by Gasteiger charge is -2.20. The van der Waals surface area contributed by atoms with Gasteiger partial charge in [0.25, 0.3) is 0 Å². The normalized spacial score (nSPS) is 14.3. The Labute approximate surface area is 118 Å². The zero-order valence-corrected chi connectivity index (χ0v) is 11.8. The highest BCUT2D eigenvalue weighted by atomic mass is 35.5. The summed E-state index contributed by atoms with van der Waals surface area (Å²) in [6.45, 7) is 2.63. The van der Waals surface area contributed by atoms with E-state index in [0.29, 0.717) is 11.6 Å². The second-order valence-electron chi connectivity index (χ2n) is 4.69. The Balaban J connectivity index is 1.92. The van der Waals surface area contributed by atoms with Gasteiger partial charge < -0.3 is 10.4 Å². The van der Waals surface area contributed by atoms with E-state index in [1.165, 1.54) is 0 Å². The van der Waals surface area contributed by atoms with Crippen LogP contribution in [0, 0.1) is 0 Å². The average Bonchev–Trinajstić information content (AvgIpc) is 2.82. The molecule has 0 aliphatic carbocycles. The van der Waals surface area contributed by atoms with Crippen LogP contribution in [0.5, 0.6) is 0 Å². The van der Waals surface area contributed by atoms with Crippen LogP contribution < -0.4 is 5.32 Å². The average molecular weight is 280 g/mol. The third-order valence-corrected chi connectivity index (χ3v) is 3.32. The zero-order valence-electron chi connectivity index (χ0n) is 11.0. The van der Waals surface area contributed by atoms with Gasteiger partial charge in [0, 0.05) is 36.4 Å². The molecule has 0 amide bonds. The smallest absolute Gasteiger partial charge is 0.0940 e. The van der Waals surface area contributed by atoms with Crippen molar-refractivity contribution in [2.24, 2.45) is 7.05 Å². The molecule has 0 aliphatic rings. The van der Waals surface area contributed by atoms with Gasteiger partial charge in [-0.25, -0.2) is 0 Å². The molecule has 0 aliphatic heterocycles. The van der Waals surface area contributed by atoms with Gasteiger partial charge in [0.05, 0.1) is 12.3 Å². The van der Waals surface area contributed by atoms with Crippen LogP contribution in [0.2, 0.25) is 5.02 Å². The minimum absolute atomic E-state index is 0.0543. The molecule has 0 spiro atoms. The Morgan fingerprint density at radius 1 is 1.37 bits per heavy atom. The molecule has 0 fully saturated rings. The number of aryl methyl sites for hydroxylation is 1. The van der Waals surface area contributed by atoms with Crippen molar-refractivity contribution >= 4 is 11.6 Å². The SMILES string of the molecule is CC(NCc1cnn(C)c1)C(O)c1ccc(Cl)cc1. The van der Waals surface area contributed by atoms with Gasteiger partial charge in [0.2, 0.25) is 0 Å². The number of aliphatic hydroxyl groups excluding tert-OH is 1. The van der Waals surface area contributed by atoms with Gasteiger partial charge in [-0.2, -0.15) is 5.10 Å². The topological polar surface area (TPSA) is 50.1 Å². The molecule has 2 rings (SSSR count). The maximum Gasteiger partial charge on any atom is 0.0940 e. The number of hydrogen-bond acceptors (Lipinski definition) is 3. The fourth-order valence-electron chi connectivity index (χ4n) is 1.90. The Hall–Kier alpha value is -1.36. The molecule has 0 saturated carbocycles. The summed E-state index contributed by atoms with van der Waals surface area (Å²) in [4.78, 5) is 0. The van der Waals surface area contributed by atoms with Gasteiger partial charge in [0.1, 0.15) is 0 Å². The van der Waals surface area contributed by atoms with Crippen LogP contribution in [0.15, 0.2) is 36.7 Å². The van der Waals surface area contributed by atoms with Crippen molar-refractivity contribution in [3.8, 4) is 0 Å². The van der Waals surface area contributed by atoms with E-state index in [0.717, 1.165) is 11.1 Å². The minimum Gasteiger partial charge on any atom is -0.387 e. The van der Waals surface area contributed by atoms with Gasteiger partial charge in [-0.3, -0.25) is 4.68 Å². The van der Waals surface area contributed by atoms with Gasteiger partial charge >= 0.3 is 0 Å². The molecule has 0 bridgehead atoms. The lowest BCUT2D eigenvalue weighted by Crippen LogP contribution is -2.31. The van der Waals surface area contributed by atoms with E-state index in [1.807, 2.05) is 38.5 Å². The summed E-state index contributed by atoms with van der Waals surface area (Å²) in [5.41, 5.74) is 1.95. The maximum atomic E-state index is 10.2. The van der Waals surface area contributed by atoms with Crippen LogP contribution in [0.4, 0.5) is 0 Å². The Morgan fingerprint density at radius 3 is 2.63 bits per heavy atom. The summed E-state index contributed by atoms with van der Waals surface area (Å²) in [5.74, 6) is 0. The summed E-state index contributed by atoms with van der Waals surface area (Å²) in [6.07, 6.45) is 3.21. The standard InChI is InChI=1S/C14H18ClN3O/c1-10(16-7-11-8-17-18(2)9-11)14(19)12-3-5-13(15)6-4-12/h3-6,8-10,14,16,19H,7H2,1-2H3. The fraction of sp³-hybridized carbons (Fsp3) is 0.357. The van der Waals surface area contributed by atoms with E-state index >= 15 is 0 Å². The van der Waals surface area contributed by atoms with Gasteiger partial charge in [0.15, 0.2) is 0 Å². The monoisotopic (exact) mass is 279 g/mol. The zero-order chi connectivity index (χ0) is 13.8. The van der Waals surface area contributed by atoms with Crippen LogP contribution in [0.25, 0.3) is 0 Å². The molecule has 4 nitrogen and oxygen atoms in total. The molecule has 102 valence electrons. The van der Waals surface area contributed by atoms with E-state index in [9.17, 15) is 5.11 Å². The molecule has 2 unspecified atom stereocenters. The van der Waals surface area contributed by atoms with E-state index < -0.39 is 6.10 Å². The maximum absolute atomic E-state index is 10.2. The van der Waals surface area contributed by atoms with Crippen molar-refractivity contribution in [1.29, 1.82) is 0 Å².